The van der Waals surface area contributed by atoms with E-state index in [9.17, 15) is 8.42 Å². The van der Waals surface area contributed by atoms with Crippen molar-refractivity contribution < 1.29 is 8.42 Å². The Balaban J connectivity index is 2.48. The van der Waals surface area contributed by atoms with Gasteiger partial charge in [0.1, 0.15) is 0 Å². The van der Waals surface area contributed by atoms with Gasteiger partial charge in [0.2, 0.25) is 10.0 Å². The van der Waals surface area contributed by atoms with Gasteiger partial charge in [0.05, 0.1) is 5.75 Å². The lowest BCUT2D eigenvalue weighted by atomic mass is 10.1. The fourth-order valence-electron chi connectivity index (χ4n) is 1.99. The highest BCUT2D eigenvalue weighted by atomic mass is 32.2. The molecule has 1 aromatic rings. The van der Waals surface area contributed by atoms with Gasteiger partial charge in [-0.25, -0.2) is 13.6 Å². The van der Waals surface area contributed by atoms with Gasteiger partial charge in [-0.2, -0.15) is 0 Å². The van der Waals surface area contributed by atoms with Crippen LogP contribution < -0.4 is 10.5 Å². The zero-order chi connectivity index (χ0) is 14.3. The van der Waals surface area contributed by atoms with Crippen LogP contribution in [-0.4, -0.2) is 14.5 Å². The molecule has 0 saturated carbocycles. The van der Waals surface area contributed by atoms with E-state index in [0.717, 1.165) is 12.1 Å². The Hall–Kier alpha value is -1.07. The van der Waals surface area contributed by atoms with E-state index in [4.69, 9.17) is 5.14 Å². The fraction of sp³-hybridized carbons (Fsp3) is 0.571. The first-order chi connectivity index (χ1) is 8.90. The Morgan fingerprint density at radius 2 is 1.84 bits per heavy atom. The molecular weight excluding hydrogens is 260 g/mol. The van der Waals surface area contributed by atoms with Crippen LogP contribution in [0.1, 0.15) is 45.1 Å². The molecule has 0 spiro atoms. The number of hydrogen-bond acceptors (Lipinski definition) is 3. The standard InChI is InChI=1S/C14H24N2O2S/c1-3-4-5-6-12(2)16-14-9-7-13(8-10-14)11-19(15,17)18/h7-10,12,16H,3-6,11H2,1-2H3,(H2,15,17,18). The average Bonchev–Trinajstić information content (AvgIpc) is 2.30. The van der Waals surface area contributed by atoms with Gasteiger partial charge in [-0.3, -0.25) is 0 Å². The number of primary sulfonamides is 1. The van der Waals surface area contributed by atoms with Crippen LogP contribution in [0.25, 0.3) is 0 Å². The SMILES string of the molecule is CCCCCC(C)Nc1ccc(CS(N)(=O)=O)cc1. The minimum atomic E-state index is -3.45. The van der Waals surface area contributed by atoms with Crippen LogP contribution in [0.3, 0.4) is 0 Å². The molecule has 0 aromatic heterocycles. The summed E-state index contributed by atoms with van der Waals surface area (Å²) in [6.45, 7) is 4.36. The third-order valence-corrected chi connectivity index (χ3v) is 3.71. The zero-order valence-electron chi connectivity index (χ0n) is 11.7. The summed E-state index contributed by atoms with van der Waals surface area (Å²) in [4.78, 5) is 0. The number of nitrogens with one attached hydrogen (secondary N) is 1. The van der Waals surface area contributed by atoms with Crippen LogP contribution in [0.2, 0.25) is 0 Å². The van der Waals surface area contributed by atoms with E-state index in [1.165, 1.54) is 19.3 Å². The van der Waals surface area contributed by atoms with E-state index in [1.54, 1.807) is 12.1 Å². The smallest absolute Gasteiger partial charge is 0.213 e. The molecule has 0 fully saturated rings. The van der Waals surface area contributed by atoms with Crippen LogP contribution in [0, 0.1) is 0 Å². The molecule has 0 saturated heterocycles. The van der Waals surface area contributed by atoms with E-state index in [1.807, 2.05) is 12.1 Å². The van der Waals surface area contributed by atoms with Crippen molar-refractivity contribution in [1.82, 2.24) is 0 Å². The van der Waals surface area contributed by atoms with Crippen LogP contribution >= 0.6 is 0 Å². The summed E-state index contributed by atoms with van der Waals surface area (Å²) >= 11 is 0. The summed E-state index contributed by atoms with van der Waals surface area (Å²) in [7, 11) is -3.45. The first-order valence-electron chi connectivity index (χ1n) is 6.76. The second-order valence-electron chi connectivity index (χ2n) is 5.05. The molecular formula is C14H24N2O2S. The zero-order valence-corrected chi connectivity index (χ0v) is 12.5. The molecule has 0 radical (unpaired) electrons. The molecule has 5 heteroatoms. The summed E-state index contributed by atoms with van der Waals surface area (Å²) in [6.07, 6.45) is 4.87. The van der Waals surface area contributed by atoms with Gasteiger partial charge in [0.25, 0.3) is 0 Å². The molecule has 0 amide bonds. The molecule has 1 aromatic carbocycles. The Morgan fingerprint density at radius 1 is 1.21 bits per heavy atom. The monoisotopic (exact) mass is 284 g/mol. The third kappa shape index (κ3) is 7.18. The van der Waals surface area contributed by atoms with Crippen molar-refractivity contribution >= 4 is 15.7 Å². The highest BCUT2D eigenvalue weighted by Gasteiger charge is 2.05. The molecule has 3 N–H and O–H groups in total. The highest BCUT2D eigenvalue weighted by Crippen LogP contribution is 2.14. The van der Waals surface area contributed by atoms with Crippen LogP contribution in [-0.2, 0) is 15.8 Å². The van der Waals surface area contributed by atoms with Crippen molar-refractivity contribution in [3.05, 3.63) is 29.8 Å². The van der Waals surface area contributed by atoms with Gasteiger partial charge in [-0.15, -0.1) is 0 Å². The highest BCUT2D eigenvalue weighted by molar-refractivity contribution is 7.88. The topological polar surface area (TPSA) is 72.2 Å². The number of anilines is 1. The van der Waals surface area contributed by atoms with E-state index < -0.39 is 10.0 Å². The quantitative estimate of drug-likeness (QED) is 0.721. The maximum atomic E-state index is 11.0. The second-order valence-corrected chi connectivity index (χ2v) is 6.66. The van der Waals surface area contributed by atoms with Crippen LogP contribution in [0.4, 0.5) is 5.69 Å². The molecule has 19 heavy (non-hydrogen) atoms. The van der Waals surface area contributed by atoms with Crippen molar-refractivity contribution in [1.29, 1.82) is 0 Å². The Labute approximate surface area is 116 Å². The normalized spacial score (nSPS) is 13.2. The number of unbranched alkanes of at least 4 members (excludes halogenated alkanes) is 2. The fourth-order valence-corrected chi connectivity index (χ4v) is 2.64. The first-order valence-corrected chi connectivity index (χ1v) is 8.48. The molecule has 0 aliphatic heterocycles. The minimum Gasteiger partial charge on any atom is -0.383 e. The van der Waals surface area contributed by atoms with Gasteiger partial charge in [-0.1, -0.05) is 38.3 Å². The third-order valence-electron chi connectivity index (χ3n) is 2.98. The molecule has 4 nitrogen and oxygen atoms in total. The number of benzene rings is 1. The van der Waals surface area contributed by atoms with Crippen molar-refractivity contribution in [3.8, 4) is 0 Å². The minimum absolute atomic E-state index is 0.112. The van der Waals surface area contributed by atoms with Crippen LogP contribution in [0.5, 0.6) is 0 Å². The first kappa shape index (κ1) is 16.0. The Kier molecular flexibility index (Phi) is 6.31. The van der Waals surface area contributed by atoms with Crippen molar-refractivity contribution in [2.24, 2.45) is 5.14 Å². The van der Waals surface area contributed by atoms with Gasteiger partial charge in [0, 0.05) is 11.7 Å². The molecule has 0 aliphatic rings. The molecule has 1 atom stereocenters. The van der Waals surface area contributed by atoms with E-state index in [0.29, 0.717) is 11.6 Å². The van der Waals surface area contributed by atoms with Gasteiger partial charge >= 0.3 is 0 Å². The van der Waals surface area contributed by atoms with Crippen LogP contribution in [0.15, 0.2) is 24.3 Å². The lowest BCUT2D eigenvalue weighted by Crippen LogP contribution is -2.16. The average molecular weight is 284 g/mol. The number of hydrogen-bond donors (Lipinski definition) is 2. The molecule has 0 aliphatic carbocycles. The number of nitrogens with two attached hydrogens (primary N) is 1. The predicted molar refractivity (Wildman–Crippen MR) is 80.5 cm³/mol. The van der Waals surface area contributed by atoms with Gasteiger partial charge in [-0.05, 0) is 31.0 Å². The number of rotatable bonds is 8. The molecule has 0 heterocycles. The summed E-state index contributed by atoms with van der Waals surface area (Å²) in [5.41, 5.74) is 1.73. The summed E-state index contributed by atoms with van der Waals surface area (Å²) < 4.78 is 21.9. The second kappa shape index (κ2) is 7.50. The maximum Gasteiger partial charge on any atom is 0.213 e. The van der Waals surface area contributed by atoms with E-state index >= 15 is 0 Å². The number of sulfonamides is 1. The Morgan fingerprint density at radius 3 is 2.37 bits per heavy atom. The molecule has 1 rings (SSSR count). The molecule has 1 unspecified atom stereocenters. The maximum absolute atomic E-state index is 11.0. The molecule has 0 bridgehead atoms. The summed E-state index contributed by atoms with van der Waals surface area (Å²) in [5, 5.41) is 8.42. The van der Waals surface area contributed by atoms with Crippen molar-refractivity contribution in [3.63, 3.8) is 0 Å². The van der Waals surface area contributed by atoms with Crippen molar-refractivity contribution in [2.75, 3.05) is 5.32 Å². The summed E-state index contributed by atoms with van der Waals surface area (Å²) in [5.74, 6) is -0.112. The van der Waals surface area contributed by atoms with Gasteiger partial charge < -0.3 is 5.32 Å². The van der Waals surface area contributed by atoms with Crippen molar-refractivity contribution in [2.45, 2.75) is 51.3 Å². The lowest BCUT2D eigenvalue weighted by Gasteiger charge is -2.15. The predicted octanol–water partition coefficient (Wildman–Crippen LogP) is 2.86. The van der Waals surface area contributed by atoms with E-state index in [-0.39, 0.29) is 5.75 Å². The van der Waals surface area contributed by atoms with E-state index in [2.05, 4.69) is 19.2 Å². The molecule has 108 valence electrons. The largest absolute Gasteiger partial charge is 0.383 e. The Bertz CT molecular complexity index is 469. The summed E-state index contributed by atoms with van der Waals surface area (Å²) in [6, 6.07) is 7.82. The lowest BCUT2D eigenvalue weighted by molar-refractivity contribution is 0.597. The van der Waals surface area contributed by atoms with Gasteiger partial charge in [0.15, 0.2) is 0 Å².